The molecule has 5 heteroatoms. The molecule has 0 saturated heterocycles. The Bertz CT molecular complexity index is 748. The van der Waals surface area contributed by atoms with Crippen LogP contribution in [0.25, 0.3) is 0 Å². The smallest absolute Gasteiger partial charge is 0.0949 e. The summed E-state index contributed by atoms with van der Waals surface area (Å²) < 4.78 is 2.07. The maximum atomic E-state index is 4.19. The number of nitrogens with one attached hydrogen (secondary N) is 2. The minimum atomic E-state index is 0.0858. The van der Waals surface area contributed by atoms with Crippen LogP contribution in [0.5, 0.6) is 0 Å². The topological polar surface area (TPSA) is 58.5 Å². The number of hydrogen-bond acceptors (Lipinski definition) is 3. The fraction of sp³-hybridized carbons (Fsp3) is 0.368. The minimum absolute atomic E-state index is 0.0858. The number of benzene rings is 1. The van der Waals surface area contributed by atoms with Gasteiger partial charge in [-0.25, -0.2) is 4.98 Å². The second kappa shape index (κ2) is 7.01. The first-order valence-corrected chi connectivity index (χ1v) is 8.29. The number of H-pyrrole nitrogens is 1. The summed E-state index contributed by atoms with van der Waals surface area (Å²) in [7, 11) is 0. The van der Waals surface area contributed by atoms with Crippen LogP contribution in [0.2, 0.25) is 0 Å². The van der Waals surface area contributed by atoms with Crippen LogP contribution in [0.4, 0.5) is 0 Å². The Morgan fingerprint density at radius 3 is 2.50 bits per heavy atom. The minimum Gasteiger partial charge on any atom is -0.333 e. The van der Waals surface area contributed by atoms with Crippen molar-refractivity contribution in [2.75, 3.05) is 0 Å². The summed E-state index contributed by atoms with van der Waals surface area (Å²) in [6.45, 7) is 9.12. The molecule has 3 aromatic rings. The summed E-state index contributed by atoms with van der Waals surface area (Å²) in [4.78, 5) is 4.07. The summed E-state index contributed by atoms with van der Waals surface area (Å²) in [5.74, 6) is 0. The van der Waals surface area contributed by atoms with E-state index in [0.717, 1.165) is 19.6 Å². The average Bonchev–Trinajstić information content (AvgIpc) is 3.20. The average molecular weight is 323 g/mol. The number of aromatic amines is 1. The van der Waals surface area contributed by atoms with Crippen molar-refractivity contribution in [2.24, 2.45) is 0 Å². The highest BCUT2D eigenvalue weighted by molar-refractivity contribution is 5.25. The van der Waals surface area contributed by atoms with Crippen molar-refractivity contribution in [3.63, 3.8) is 0 Å². The highest BCUT2D eigenvalue weighted by Crippen LogP contribution is 2.23. The standard InChI is InChI=1S/C19H25N5/c1-19(2,3)18-17(12-22-23-18)11-21-10-15-4-6-16(7-5-15)13-24-9-8-20-14-24/h4-9,12,14,21H,10-11,13H2,1-3H3,(H,22,23). The molecule has 126 valence electrons. The van der Waals surface area contributed by atoms with E-state index in [4.69, 9.17) is 0 Å². The molecule has 0 bridgehead atoms. The summed E-state index contributed by atoms with van der Waals surface area (Å²) >= 11 is 0. The lowest BCUT2D eigenvalue weighted by Gasteiger charge is -2.18. The van der Waals surface area contributed by atoms with Gasteiger partial charge in [-0.2, -0.15) is 5.10 Å². The van der Waals surface area contributed by atoms with E-state index in [9.17, 15) is 0 Å². The monoisotopic (exact) mass is 323 g/mol. The van der Waals surface area contributed by atoms with E-state index in [1.54, 1.807) is 6.20 Å². The van der Waals surface area contributed by atoms with Gasteiger partial charge in [0.15, 0.2) is 0 Å². The van der Waals surface area contributed by atoms with Gasteiger partial charge in [-0.15, -0.1) is 0 Å². The first-order valence-electron chi connectivity index (χ1n) is 8.29. The second-order valence-corrected chi connectivity index (χ2v) is 7.18. The van der Waals surface area contributed by atoms with Crippen LogP contribution in [0, 0.1) is 0 Å². The van der Waals surface area contributed by atoms with Crippen LogP contribution >= 0.6 is 0 Å². The van der Waals surface area contributed by atoms with Gasteiger partial charge in [-0.3, -0.25) is 5.10 Å². The van der Waals surface area contributed by atoms with E-state index in [2.05, 4.69) is 70.1 Å². The molecule has 0 saturated carbocycles. The molecule has 0 aliphatic carbocycles. The molecule has 0 atom stereocenters. The molecule has 2 heterocycles. The van der Waals surface area contributed by atoms with E-state index in [-0.39, 0.29) is 5.41 Å². The van der Waals surface area contributed by atoms with Crippen molar-refractivity contribution >= 4 is 0 Å². The molecule has 2 aromatic heterocycles. The van der Waals surface area contributed by atoms with Gasteiger partial charge in [0, 0.05) is 48.7 Å². The lowest BCUT2D eigenvalue weighted by atomic mass is 9.89. The maximum absolute atomic E-state index is 4.19. The number of hydrogen-bond donors (Lipinski definition) is 2. The summed E-state index contributed by atoms with van der Waals surface area (Å²) in [5.41, 5.74) is 5.08. The highest BCUT2D eigenvalue weighted by atomic mass is 15.1. The van der Waals surface area contributed by atoms with Crippen molar-refractivity contribution in [3.05, 3.63) is 71.6 Å². The fourth-order valence-electron chi connectivity index (χ4n) is 2.79. The lowest BCUT2D eigenvalue weighted by molar-refractivity contribution is 0.553. The van der Waals surface area contributed by atoms with E-state index >= 15 is 0 Å². The molecule has 0 aliphatic rings. The maximum Gasteiger partial charge on any atom is 0.0949 e. The Labute approximate surface area is 143 Å². The molecule has 0 amide bonds. The van der Waals surface area contributed by atoms with Crippen LogP contribution in [0.1, 0.15) is 43.2 Å². The van der Waals surface area contributed by atoms with Crippen molar-refractivity contribution in [3.8, 4) is 0 Å². The van der Waals surface area contributed by atoms with Crippen molar-refractivity contribution in [1.29, 1.82) is 0 Å². The van der Waals surface area contributed by atoms with E-state index in [0.29, 0.717) is 0 Å². The highest BCUT2D eigenvalue weighted by Gasteiger charge is 2.19. The summed E-state index contributed by atoms with van der Waals surface area (Å²) in [6, 6.07) is 8.71. The third kappa shape index (κ3) is 4.11. The van der Waals surface area contributed by atoms with Crippen molar-refractivity contribution in [2.45, 2.75) is 45.8 Å². The molecule has 0 aliphatic heterocycles. The molecule has 24 heavy (non-hydrogen) atoms. The molecule has 2 N–H and O–H groups in total. The summed E-state index contributed by atoms with van der Waals surface area (Å²) in [5, 5.41) is 10.8. The molecule has 1 aromatic carbocycles. The zero-order valence-corrected chi connectivity index (χ0v) is 14.6. The van der Waals surface area contributed by atoms with Gasteiger partial charge < -0.3 is 9.88 Å². The van der Waals surface area contributed by atoms with Crippen LogP contribution in [-0.2, 0) is 25.0 Å². The zero-order chi connectivity index (χ0) is 17.0. The van der Waals surface area contributed by atoms with Crippen LogP contribution in [-0.4, -0.2) is 19.7 Å². The Kier molecular flexibility index (Phi) is 4.81. The zero-order valence-electron chi connectivity index (χ0n) is 14.6. The predicted octanol–water partition coefficient (Wildman–Crippen LogP) is 3.24. The molecule has 0 spiro atoms. The Balaban J connectivity index is 1.53. The van der Waals surface area contributed by atoms with Gasteiger partial charge in [0.2, 0.25) is 0 Å². The molecular formula is C19H25N5. The van der Waals surface area contributed by atoms with Crippen LogP contribution in [0.3, 0.4) is 0 Å². The summed E-state index contributed by atoms with van der Waals surface area (Å²) in [6.07, 6.45) is 7.54. The van der Waals surface area contributed by atoms with Crippen LogP contribution in [0.15, 0.2) is 49.2 Å². The molecule has 3 rings (SSSR count). The van der Waals surface area contributed by atoms with Gasteiger partial charge in [0.05, 0.1) is 12.5 Å². The van der Waals surface area contributed by atoms with Gasteiger partial charge in [0.1, 0.15) is 0 Å². The molecule has 0 unspecified atom stereocenters. The third-order valence-corrected chi connectivity index (χ3v) is 4.06. The van der Waals surface area contributed by atoms with Crippen LogP contribution < -0.4 is 5.32 Å². The number of aromatic nitrogens is 4. The van der Waals surface area contributed by atoms with Gasteiger partial charge in [-0.1, -0.05) is 45.0 Å². The quantitative estimate of drug-likeness (QED) is 0.732. The fourth-order valence-corrected chi connectivity index (χ4v) is 2.79. The molecule has 0 fully saturated rings. The molecular weight excluding hydrogens is 298 g/mol. The third-order valence-electron chi connectivity index (χ3n) is 4.06. The van der Waals surface area contributed by atoms with Gasteiger partial charge in [0.25, 0.3) is 0 Å². The number of imidazole rings is 1. The lowest BCUT2D eigenvalue weighted by Crippen LogP contribution is -2.19. The van der Waals surface area contributed by atoms with Crippen molar-refractivity contribution < 1.29 is 0 Å². The van der Waals surface area contributed by atoms with E-state index < -0.39 is 0 Å². The van der Waals surface area contributed by atoms with Gasteiger partial charge in [-0.05, 0) is 11.1 Å². The number of nitrogens with zero attached hydrogens (tertiary/aromatic N) is 3. The molecule has 5 nitrogen and oxygen atoms in total. The number of rotatable bonds is 6. The Morgan fingerprint density at radius 1 is 1.08 bits per heavy atom. The van der Waals surface area contributed by atoms with Crippen molar-refractivity contribution in [1.82, 2.24) is 25.1 Å². The Hall–Kier alpha value is -2.40. The SMILES string of the molecule is CC(C)(C)c1[nH]ncc1CNCc1ccc(Cn2ccnc2)cc1. The second-order valence-electron chi connectivity index (χ2n) is 7.18. The first-order chi connectivity index (χ1) is 11.5. The molecule has 0 radical (unpaired) electrons. The van der Waals surface area contributed by atoms with E-state index in [1.165, 1.54) is 22.4 Å². The van der Waals surface area contributed by atoms with Gasteiger partial charge >= 0.3 is 0 Å². The van der Waals surface area contributed by atoms with E-state index in [1.807, 2.05) is 18.7 Å². The largest absolute Gasteiger partial charge is 0.333 e. The first kappa shape index (κ1) is 16.5. The Morgan fingerprint density at radius 2 is 1.83 bits per heavy atom. The predicted molar refractivity (Wildman–Crippen MR) is 95.6 cm³/mol. The normalized spacial score (nSPS) is 11.8.